The molecule has 4 heterocycles. The van der Waals surface area contributed by atoms with Gasteiger partial charge >= 0.3 is 235 Å². The molecule has 0 N–H and O–H groups in total. The molecular formula is C48H69Cl2IN2O6Sn. The van der Waals surface area contributed by atoms with E-state index in [1.807, 2.05) is 64.4 Å². The number of hydrogen-bond acceptors (Lipinski definition) is 6. The van der Waals surface area contributed by atoms with Crippen LogP contribution in [-0.4, -0.2) is 77.3 Å². The molecule has 0 spiro atoms. The van der Waals surface area contributed by atoms with Crippen LogP contribution in [0.4, 0.5) is 9.59 Å². The van der Waals surface area contributed by atoms with Gasteiger partial charge in [0.05, 0.1) is 5.52 Å². The third-order valence-corrected chi connectivity index (χ3v) is 28.8. The van der Waals surface area contributed by atoms with E-state index in [1.165, 1.54) is 66.4 Å². The summed E-state index contributed by atoms with van der Waals surface area (Å²) in [6.07, 6.45) is 14.7. The van der Waals surface area contributed by atoms with E-state index < -0.39 is 29.6 Å². The molecule has 2 aliphatic rings. The molecule has 0 bridgehead atoms. The molecule has 0 atom stereocenters. The molecule has 2 saturated heterocycles. The van der Waals surface area contributed by atoms with Gasteiger partial charge in [0, 0.05) is 33.4 Å². The van der Waals surface area contributed by atoms with Crippen molar-refractivity contribution in [3.63, 3.8) is 0 Å². The third-order valence-electron chi connectivity index (χ3n) is 11.8. The first-order valence-electron chi connectivity index (χ1n) is 22.4. The first kappa shape index (κ1) is 49.5. The Bertz CT molecular complexity index is 2050. The van der Waals surface area contributed by atoms with Gasteiger partial charge in [-0.25, -0.2) is 4.79 Å². The van der Waals surface area contributed by atoms with Gasteiger partial charge in [0.1, 0.15) is 5.60 Å². The number of carbonyl (C=O) groups excluding carboxylic acids is 2. The van der Waals surface area contributed by atoms with Crippen molar-refractivity contribution in [1.82, 2.24) is 9.13 Å². The maximum absolute atomic E-state index is 13.7. The molecule has 2 aromatic heterocycles. The quantitative estimate of drug-likeness (QED) is 0.104. The molecule has 2 aromatic carbocycles. The maximum atomic E-state index is 13.7. The molecule has 60 heavy (non-hydrogen) atoms. The topological polar surface area (TPSA) is 80.9 Å². The molecule has 332 valence electrons. The first-order valence-corrected chi connectivity index (χ1v) is 31.7. The van der Waals surface area contributed by atoms with E-state index in [0.717, 1.165) is 82.7 Å². The normalized spacial score (nSPS) is 15.9. The van der Waals surface area contributed by atoms with Gasteiger partial charge in [-0.1, -0.05) is 11.6 Å². The number of nitrogens with zero attached hydrogens (tertiary/aromatic N) is 2. The van der Waals surface area contributed by atoms with Gasteiger partial charge < -0.3 is 9.47 Å². The number of hydrogen-bond donors (Lipinski definition) is 0. The molecule has 0 radical (unpaired) electrons. The van der Waals surface area contributed by atoms with E-state index in [0.29, 0.717) is 16.9 Å². The van der Waals surface area contributed by atoms with E-state index in [-0.39, 0.29) is 12.2 Å². The minimum absolute atomic E-state index is 0.268. The van der Waals surface area contributed by atoms with Gasteiger partial charge in [-0.3, -0.25) is 4.57 Å². The van der Waals surface area contributed by atoms with E-state index in [4.69, 9.17) is 42.1 Å². The fourth-order valence-electron chi connectivity index (χ4n) is 8.97. The predicted molar refractivity (Wildman–Crippen MR) is 260 cm³/mol. The van der Waals surface area contributed by atoms with Gasteiger partial charge in [0.25, 0.3) is 0 Å². The number of fused-ring (bicyclic) bond motifs is 2. The van der Waals surface area contributed by atoms with Crippen LogP contribution < -0.4 is 3.58 Å². The van der Waals surface area contributed by atoms with E-state index in [1.54, 1.807) is 4.57 Å². The number of halogens is 3. The number of ether oxygens (including phenoxy) is 4. The van der Waals surface area contributed by atoms with Crippen LogP contribution >= 0.6 is 45.8 Å². The molecule has 12 heteroatoms. The number of rotatable bonds is 12. The second-order valence-electron chi connectivity index (χ2n) is 18.9. The minimum atomic E-state index is -2.87. The van der Waals surface area contributed by atoms with Crippen LogP contribution in [0.2, 0.25) is 23.4 Å². The molecular weight excluding hydrogens is 1020 g/mol. The fraction of sp³-hybridized carbons (Fsp3) is 0.625. The van der Waals surface area contributed by atoms with Crippen LogP contribution in [-0.2, 0) is 18.9 Å². The van der Waals surface area contributed by atoms with Gasteiger partial charge in [0.2, 0.25) is 0 Å². The standard InChI is InChI=1S/C18H21ClINO3.C18H21ClNO3.3C4H9.Sn/c1-18(2,3)24-17(22)21-10-15(20)14-9-12(19)8-13(16(14)21)11-4-6-23-7-5-11;1-18(2,3)23-17(21)20-7-4-13-10-14(19)11-15(16(13)20)12-5-8-22-9-6-12;3*1-3-4-2;/h8-11H,4-7H2,1-3H3;7,10-12H,5-6,8-9H2,1-3H3;3*1,3-4H2,2H3;. The number of carbonyl (C=O) groups is 2. The summed E-state index contributed by atoms with van der Waals surface area (Å²) in [5.74, 6) is 0.683. The first-order chi connectivity index (χ1) is 28.4. The van der Waals surface area contributed by atoms with Crippen molar-refractivity contribution < 1.29 is 28.5 Å². The molecule has 6 rings (SSSR count). The van der Waals surface area contributed by atoms with Crippen molar-refractivity contribution in [2.75, 3.05) is 26.4 Å². The summed E-state index contributed by atoms with van der Waals surface area (Å²) in [4.78, 5) is 26.4. The molecule has 0 aliphatic carbocycles. The van der Waals surface area contributed by atoms with E-state index >= 15 is 0 Å². The van der Waals surface area contributed by atoms with Crippen LogP contribution in [0.25, 0.3) is 21.8 Å². The van der Waals surface area contributed by atoms with Gasteiger partial charge in [-0.05, 0) is 79.8 Å². The van der Waals surface area contributed by atoms with Crippen molar-refractivity contribution in [3.8, 4) is 0 Å². The summed E-state index contributed by atoms with van der Waals surface area (Å²) in [5.41, 5.74) is 3.16. The molecule has 0 saturated carbocycles. The van der Waals surface area contributed by atoms with Crippen molar-refractivity contribution in [3.05, 3.63) is 61.4 Å². The number of aromatic nitrogens is 2. The Kier molecular flexibility index (Phi) is 18.1. The Labute approximate surface area is 387 Å². The molecule has 8 nitrogen and oxygen atoms in total. The van der Waals surface area contributed by atoms with Gasteiger partial charge in [-0.15, -0.1) is 0 Å². The monoisotopic (exact) mass is 1090 g/mol. The van der Waals surface area contributed by atoms with Crippen molar-refractivity contribution in [2.24, 2.45) is 0 Å². The summed E-state index contributed by atoms with van der Waals surface area (Å²) in [5, 5.41) is 3.71. The average Bonchev–Trinajstić information content (AvgIpc) is 3.75. The summed E-state index contributed by atoms with van der Waals surface area (Å²) in [6, 6.07) is 8.16. The number of benzene rings is 2. The third kappa shape index (κ3) is 12.6. The zero-order valence-corrected chi connectivity index (χ0v) is 44.1. The molecule has 0 amide bonds. The Morgan fingerprint density at radius 3 is 1.45 bits per heavy atom. The summed E-state index contributed by atoms with van der Waals surface area (Å²) in [6.45, 7) is 21.4. The summed E-state index contributed by atoms with van der Waals surface area (Å²) < 4.78 is 32.7. The van der Waals surface area contributed by atoms with Crippen LogP contribution in [0.3, 0.4) is 0 Å². The zero-order chi connectivity index (χ0) is 43.8. The Balaban J connectivity index is 0.000000246. The molecule has 4 aromatic rings. The SMILES string of the molecule is CC(C)(C)OC(=O)n1cc(I)c2cc(Cl)cc(C3CCOCC3)c21.CCC[CH2][Sn]([CH2]CCC)([CH2]CCC)[c]1cn(C(=O)OC(C)(C)C)c2c(C3CCOCC3)cc(Cl)cc12. The van der Waals surface area contributed by atoms with Crippen LogP contribution in [0.15, 0.2) is 36.7 Å². The van der Waals surface area contributed by atoms with E-state index in [9.17, 15) is 9.59 Å². The Morgan fingerprint density at radius 1 is 0.667 bits per heavy atom. The summed E-state index contributed by atoms with van der Waals surface area (Å²) >= 11 is 12.6. The van der Waals surface area contributed by atoms with Gasteiger partial charge in [-0.2, -0.15) is 0 Å². The Morgan fingerprint density at radius 2 is 1.05 bits per heavy atom. The van der Waals surface area contributed by atoms with Crippen LogP contribution in [0, 0.1) is 3.57 Å². The second-order valence-corrected chi connectivity index (χ2v) is 34.0. The van der Waals surface area contributed by atoms with Crippen molar-refractivity contribution in [2.45, 2.75) is 163 Å². The number of unbranched alkanes of at least 4 members (excludes halogenated alkanes) is 3. The average molecular weight is 1090 g/mol. The molecule has 2 fully saturated rings. The second kappa shape index (κ2) is 21.9. The van der Waals surface area contributed by atoms with Crippen molar-refractivity contribution >= 4 is 102 Å². The summed E-state index contributed by atoms with van der Waals surface area (Å²) in [7, 11) is 0. The fourth-order valence-corrected chi connectivity index (χ4v) is 26.7. The molecule has 0 unspecified atom stereocenters. The Hall–Kier alpha value is -1.51. The van der Waals surface area contributed by atoms with Gasteiger partial charge in [0.15, 0.2) is 0 Å². The van der Waals surface area contributed by atoms with Crippen LogP contribution in [0.5, 0.6) is 0 Å². The zero-order valence-electron chi connectivity index (χ0n) is 37.6. The molecule has 2 aliphatic heterocycles. The van der Waals surface area contributed by atoms with Crippen molar-refractivity contribution in [1.29, 1.82) is 0 Å². The predicted octanol–water partition coefficient (Wildman–Crippen LogP) is 14.6. The van der Waals surface area contributed by atoms with E-state index in [2.05, 4.69) is 61.7 Å². The van der Waals surface area contributed by atoms with Crippen LogP contribution in [0.1, 0.15) is 149 Å².